The van der Waals surface area contributed by atoms with Crippen molar-refractivity contribution in [2.75, 3.05) is 0 Å². The van der Waals surface area contributed by atoms with Gasteiger partial charge in [0, 0.05) is 39.9 Å². The maximum atomic E-state index is 3.82. The van der Waals surface area contributed by atoms with Crippen LogP contribution in [0.15, 0.2) is 51.4 Å². The van der Waals surface area contributed by atoms with Crippen molar-refractivity contribution < 1.29 is 0 Å². The van der Waals surface area contributed by atoms with Gasteiger partial charge in [0.25, 0.3) is 0 Å². The Labute approximate surface area is 209 Å². The van der Waals surface area contributed by atoms with E-state index in [0.29, 0.717) is 0 Å². The number of nitrogens with one attached hydrogen (secondary N) is 1. The van der Waals surface area contributed by atoms with Gasteiger partial charge in [-0.15, -0.1) is 0 Å². The molecule has 0 fully saturated rings. The summed E-state index contributed by atoms with van der Waals surface area (Å²) in [6.07, 6.45) is 0. The van der Waals surface area contributed by atoms with Gasteiger partial charge in [-0.3, -0.25) is 0 Å². The highest BCUT2D eigenvalue weighted by molar-refractivity contribution is 14.1. The molecule has 0 unspecified atom stereocenters. The molecule has 0 spiro atoms. The molecule has 30 heavy (non-hydrogen) atoms. The van der Waals surface area contributed by atoms with Crippen molar-refractivity contribution in [3.05, 3.63) is 66.1 Å². The molecule has 0 saturated carbocycles. The average Bonchev–Trinajstić information content (AvgIpc) is 3.01. The number of fused-ring (bicyclic) bond motifs is 3. The minimum absolute atomic E-state index is 0.0537. The lowest BCUT2D eigenvalue weighted by atomic mass is 9.83. The fourth-order valence-electron chi connectivity index (χ4n) is 3.87. The normalized spacial score (nSPS) is 12.8. The van der Waals surface area contributed by atoms with E-state index in [1.54, 1.807) is 0 Å². The van der Waals surface area contributed by atoms with Gasteiger partial charge in [-0.25, -0.2) is 0 Å². The smallest absolute Gasteiger partial charge is 0.0545 e. The standard InChI is InChI=1S/C26H26Br2IN/c1-25(2,3)14-7-10-21-16(11-14)17-12-15(26(4,5)6)13-18(24(17)30-21)22-19(27)8-9-20(28)23(22)29/h7-13,30H,1-6H3. The van der Waals surface area contributed by atoms with Crippen LogP contribution in [-0.2, 0) is 10.8 Å². The third kappa shape index (κ3) is 3.88. The van der Waals surface area contributed by atoms with E-state index in [9.17, 15) is 0 Å². The maximum absolute atomic E-state index is 3.82. The maximum Gasteiger partial charge on any atom is 0.0545 e. The van der Waals surface area contributed by atoms with E-state index in [1.807, 2.05) is 0 Å². The number of aromatic amines is 1. The van der Waals surface area contributed by atoms with Crippen LogP contribution in [0.3, 0.4) is 0 Å². The predicted molar refractivity (Wildman–Crippen MR) is 147 cm³/mol. The van der Waals surface area contributed by atoms with E-state index >= 15 is 0 Å². The first-order valence-electron chi connectivity index (χ1n) is 10.1. The van der Waals surface area contributed by atoms with E-state index in [4.69, 9.17) is 0 Å². The van der Waals surface area contributed by atoms with Crippen molar-refractivity contribution in [3.8, 4) is 11.1 Å². The van der Waals surface area contributed by atoms with Crippen LogP contribution in [0.4, 0.5) is 0 Å². The molecule has 0 aliphatic rings. The van der Waals surface area contributed by atoms with Crippen LogP contribution in [-0.4, -0.2) is 4.98 Å². The van der Waals surface area contributed by atoms with Gasteiger partial charge in [0.2, 0.25) is 0 Å². The van der Waals surface area contributed by atoms with Crippen molar-refractivity contribution in [2.45, 2.75) is 52.4 Å². The molecule has 1 N–H and O–H groups in total. The van der Waals surface area contributed by atoms with Crippen molar-refractivity contribution in [1.29, 1.82) is 0 Å². The average molecular weight is 639 g/mol. The SMILES string of the molecule is CC(C)(C)c1ccc2[nH]c3c(-c4c(Br)ccc(Br)c4I)cc(C(C)(C)C)cc3c2c1. The van der Waals surface area contributed by atoms with Crippen LogP contribution < -0.4 is 0 Å². The topological polar surface area (TPSA) is 15.8 Å². The summed E-state index contributed by atoms with van der Waals surface area (Å²) in [4.78, 5) is 3.74. The summed E-state index contributed by atoms with van der Waals surface area (Å²) in [7, 11) is 0. The van der Waals surface area contributed by atoms with E-state index < -0.39 is 0 Å². The first-order chi connectivity index (χ1) is 13.9. The zero-order valence-corrected chi connectivity index (χ0v) is 23.5. The molecule has 1 aromatic heterocycles. The highest BCUT2D eigenvalue weighted by Gasteiger charge is 2.23. The number of benzene rings is 3. The summed E-state index contributed by atoms with van der Waals surface area (Å²) in [6, 6.07) is 15.8. The van der Waals surface area contributed by atoms with Gasteiger partial charge in [0.05, 0.1) is 5.52 Å². The lowest BCUT2D eigenvalue weighted by molar-refractivity contribution is 0.590. The largest absolute Gasteiger partial charge is 0.354 e. The molecule has 4 aromatic rings. The number of hydrogen-bond donors (Lipinski definition) is 1. The third-order valence-corrected chi connectivity index (χ3v) is 8.94. The molecular formula is C26H26Br2IN. The van der Waals surface area contributed by atoms with Crippen molar-refractivity contribution in [2.24, 2.45) is 0 Å². The predicted octanol–water partition coefficient (Wildman–Crippen LogP) is 9.71. The van der Waals surface area contributed by atoms with Crippen LogP contribution in [0.1, 0.15) is 52.7 Å². The lowest BCUT2D eigenvalue weighted by Gasteiger charge is -2.22. The number of rotatable bonds is 1. The van der Waals surface area contributed by atoms with E-state index in [1.165, 1.54) is 47.6 Å². The molecule has 3 aromatic carbocycles. The Morgan fingerprint density at radius 2 is 1.33 bits per heavy atom. The summed E-state index contributed by atoms with van der Waals surface area (Å²) in [5.74, 6) is 0. The monoisotopic (exact) mass is 637 g/mol. The molecule has 0 atom stereocenters. The zero-order valence-electron chi connectivity index (χ0n) is 18.2. The Bertz CT molecular complexity index is 1290. The molecule has 1 heterocycles. The molecule has 0 saturated heterocycles. The second-order valence-electron chi connectivity index (χ2n) is 10.0. The summed E-state index contributed by atoms with van der Waals surface area (Å²) in [5.41, 5.74) is 7.72. The molecule has 4 rings (SSSR count). The highest BCUT2D eigenvalue weighted by Crippen LogP contribution is 2.43. The second kappa shape index (κ2) is 7.63. The third-order valence-electron chi connectivity index (χ3n) is 5.75. The van der Waals surface area contributed by atoms with E-state index in [2.05, 4.69) is 143 Å². The van der Waals surface area contributed by atoms with Crippen LogP contribution in [0, 0.1) is 3.57 Å². The van der Waals surface area contributed by atoms with Gasteiger partial charge >= 0.3 is 0 Å². The van der Waals surface area contributed by atoms with Gasteiger partial charge in [0.15, 0.2) is 0 Å². The lowest BCUT2D eigenvalue weighted by Crippen LogP contribution is -2.11. The molecule has 0 radical (unpaired) electrons. The molecular weight excluding hydrogens is 613 g/mol. The Kier molecular flexibility index (Phi) is 5.68. The zero-order chi connectivity index (χ0) is 22.0. The highest BCUT2D eigenvalue weighted by atomic mass is 127. The molecule has 0 bridgehead atoms. The number of H-pyrrole nitrogens is 1. The van der Waals surface area contributed by atoms with Crippen molar-refractivity contribution in [1.82, 2.24) is 4.98 Å². The number of hydrogen-bond acceptors (Lipinski definition) is 0. The van der Waals surface area contributed by atoms with Crippen LogP contribution in [0.25, 0.3) is 32.9 Å². The second-order valence-corrected chi connectivity index (χ2v) is 12.8. The molecule has 4 heteroatoms. The van der Waals surface area contributed by atoms with Crippen molar-refractivity contribution in [3.63, 3.8) is 0 Å². The van der Waals surface area contributed by atoms with Gasteiger partial charge in [-0.1, -0.05) is 63.5 Å². The van der Waals surface area contributed by atoms with Gasteiger partial charge in [-0.2, -0.15) is 0 Å². The number of halogens is 3. The Morgan fingerprint density at radius 1 is 0.733 bits per heavy atom. The van der Waals surface area contributed by atoms with Gasteiger partial charge in [-0.05, 0) is 96.9 Å². The summed E-state index contributed by atoms with van der Waals surface area (Å²) in [6.45, 7) is 13.7. The Balaban J connectivity index is 2.17. The molecule has 0 aliphatic carbocycles. The minimum atomic E-state index is 0.0537. The minimum Gasteiger partial charge on any atom is -0.354 e. The molecule has 0 aliphatic heterocycles. The molecule has 0 amide bonds. The van der Waals surface area contributed by atoms with E-state index in [-0.39, 0.29) is 10.8 Å². The van der Waals surface area contributed by atoms with Crippen molar-refractivity contribution >= 4 is 76.3 Å². The Morgan fingerprint density at radius 3 is 1.97 bits per heavy atom. The van der Waals surface area contributed by atoms with Crippen LogP contribution in [0.2, 0.25) is 0 Å². The van der Waals surface area contributed by atoms with Crippen LogP contribution in [0.5, 0.6) is 0 Å². The van der Waals surface area contributed by atoms with Gasteiger partial charge in [0.1, 0.15) is 0 Å². The van der Waals surface area contributed by atoms with Crippen LogP contribution >= 0.6 is 54.5 Å². The summed E-state index contributed by atoms with van der Waals surface area (Å²) in [5, 5.41) is 2.59. The fraction of sp³-hybridized carbons (Fsp3) is 0.308. The first-order valence-corrected chi connectivity index (χ1v) is 12.8. The van der Waals surface area contributed by atoms with E-state index in [0.717, 1.165) is 8.95 Å². The molecule has 156 valence electrons. The quantitative estimate of drug-likeness (QED) is 0.158. The van der Waals surface area contributed by atoms with Gasteiger partial charge < -0.3 is 4.98 Å². The first kappa shape index (κ1) is 22.3. The number of aromatic nitrogens is 1. The molecule has 1 nitrogen and oxygen atoms in total. The Hall–Kier alpha value is -0.850. The fourth-order valence-corrected chi connectivity index (χ4v) is 5.88. The summed E-state index contributed by atoms with van der Waals surface area (Å²) < 4.78 is 3.43. The summed E-state index contributed by atoms with van der Waals surface area (Å²) >= 11 is 9.99.